The van der Waals surface area contributed by atoms with Gasteiger partial charge in [-0.05, 0) is 0 Å². The molecule has 1 saturated heterocycles. The molecular formula is C5H6Cl2N2O3. The summed E-state index contributed by atoms with van der Waals surface area (Å²) in [6, 6.07) is -0.697. The molecule has 1 atom stereocenters. The van der Waals surface area contributed by atoms with Crippen LogP contribution in [-0.4, -0.2) is 29.3 Å². The number of hydrogen-bond acceptors (Lipinski definition) is 3. The Kier molecular flexibility index (Phi) is 3.13. The summed E-state index contributed by atoms with van der Waals surface area (Å²) in [6.45, 7) is 0.0884. The quantitative estimate of drug-likeness (QED) is 0.598. The Hall–Kier alpha value is -0.520. The summed E-state index contributed by atoms with van der Waals surface area (Å²) < 4.78 is 0. The zero-order valence-electron chi connectivity index (χ0n) is 5.84. The Morgan fingerprint density at radius 2 is 2.42 bits per heavy atom. The molecule has 2 N–H and O–H groups in total. The molecule has 1 rings (SSSR count). The molecule has 0 radical (unpaired) electrons. The fourth-order valence-electron chi connectivity index (χ4n) is 0.685. The first-order valence-electron chi connectivity index (χ1n) is 3.11. The third-order valence-corrected chi connectivity index (χ3v) is 1.65. The number of alkyl halides is 2. The molecule has 7 heteroatoms. The van der Waals surface area contributed by atoms with Gasteiger partial charge in [-0.15, -0.1) is 0 Å². The number of hydroxylamine groups is 1. The van der Waals surface area contributed by atoms with Crippen molar-refractivity contribution in [1.82, 2.24) is 10.8 Å². The van der Waals surface area contributed by atoms with E-state index in [9.17, 15) is 9.59 Å². The topological polar surface area (TPSA) is 67.4 Å². The van der Waals surface area contributed by atoms with Crippen molar-refractivity contribution in [3.63, 3.8) is 0 Å². The maximum absolute atomic E-state index is 10.8. The molecule has 1 heterocycles. The smallest absolute Gasteiger partial charge is 0.268 e. The van der Waals surface area contributed by atoms with E-state index >= 15 is 0 Å². The van der Waals surface area contributed by atoms with Gasteiger partial charge in [-0.2, -0.15) is 0 Å². The normalized spacial score (nSPS) is 22.6. The van der Waals surface area contributed by atoms with E-state index in [1.807, 2.05) is 0 Å². The van der Waals surface area contributed by atoms with Gasteiger partial charge in [0.05, 0.1) is 0 Å². The Balaban J connectivity index is 2.40. The largest absolute Gasteiger partial charge is 0.340 e. The van der Waals surface area contributed by atoms with Crippen molar-refractivity contribution < 1.29 is 14.4 Å². The van der Waals surface area contributed by atoms with Crippen molar-refractivity contribution in [2.24, 2.45) is 0 Å². The minimum atomic E-state index is -1.17. The minimum absolute atomic E-state index is 0.0884. The van der Waals surface area contributed by atoms with Gasteiger partial charge in [-0.3, -0.25) is 14.4 Å². The molecule has 1 aliphatic heterocycles. The van der Waals surface area contributed by atoms with Crippen LogP contribution in [0.15, 0.2) is 0 Å². The van der Waals surface area contributed by atoms with Crippen LogP contribution >= 0.6 is 23.2 Å². The summed E-state index contributed by atoms with van der Waals surface area (Å²) in [5.41, 5.74) is 2.07. The van der Waals surface area contributed by atoms with Crippen LogP contribution in [0, 0.1) is 0 Å². The van der Waals surface area contributed by atoms with E-state index in [2.05, 4.69) is 15.6 Å². The molecule has 0 aliphatic carbocycles. The monoisotopic (exact) mass is 212 g/mol. The van der Waals surface area contributed by atoms with Crippen LogP contribution in [0.25, 0.3) is 0 Å². The van der Waals surface area contributed by atoms with E-state index in [1.54, 1.807) is 0 Å². The Morgan fingerprint density at radius 1 is 1.75 bits per heavy atom. The third-order valence-electron chi connectivity index (χ3n) is 1.25. The van der Waals surface area contributed by atoms with Crippen molar-refractivity contribution in [3.05, 3.63) is 0 Å². The highest BCUT2D eigenvalue weighted by Gasteiger charge is 2.28. The summed E-state index contributed by atoms with van der Waals surface area (Å²) in [6.07, 6.45) is 0. The molecule has 68 valence electrons. The molecule has 0 saturated carbocycles. The van der Waals surface area contributed by atoms with Gasteiger partial charge >= 0.3 is 0 Å². The van der Waals surface area contributed by atoms with E-state index in [0.29, 0.717) is 0 Å². The predicted octanol–water partition coefficient (Wildman–Crippen LogP) is -0.664. The second-order valence-corrected chi connectivity index (χ2v) is 3.24. The highest BCUT2D eigenvalue weighted by Crippen LogP contribution is 2.02. The molecule has 0 spiro atoms. The van der Waals surface area contributed by atoms with E-state index in [0.717, 1.165) is 0 Å². The molecular weight excluding hydrogens is 207 g/mol. The Labute approximate surface area is 78.3 Å². The lowest BCUT2D eigenvalue weighted by Crippen LogP contribution is -2.43. The predicted molar refractivity (Wildman–Crippen MR) is 41.5 cm³/mol. The van der Waals surface area contributed by atoms with Crippen LogP contribution in [0.1, 0.15) is 0 Å². The summed E-state index contributed by atoms with van der Waals surface area (Å²) in [7, 11) is 0. The molecule has 1 aliphatic rings. The molecule has 0 aromatic rings. The lowest BCUT2D eigenvalue weighted by Gasteiger charge is -2.07. The Morgan fingerprint density at radius 3 is 2.83 bits per heavy atom. The molecule has 0 aromatic heterocycles. The van der Waals surface area contributed by atoms with E-state index in [1.165, 1.54) is 0 Å². The van der Waals surface area contributed by atoms with E-state index in [4.69, 9.17) is 23.2 Å². The van der Waals surface area contributed by atoms with Crippen molar-refractivity contribution in [2.75, 3.05) is 6.61 Å². The van der Waals surface area contributed by atoms with Crippen LogP contribution < -0.4 is 10.8 Å². The number of hydrogen-bond donors (Lipinski definition) is 2. The van der Waals surface area contributed by atoms with Crippen molar-refractivity contribution in [1.29, 1.82) is 0 Å². The molecule has 12 heavy (non-hydrogen) atoms. The SMILES string of the molecule is O=C(NC1CONC1=O)C(Cl)Cl. The van der Waals surface area contributed by atoms with Crippen LogP contribution in [0.4, 0.5) is 0 Å². The molecule has 1 fully saturated rings. The first-order valence-corrected chi connectivity index (χ1v) is 3.98. The van der Waals surface area contributed by atoms with Crippen molar-refractivity contribution in [3.8, 4) is 0 Å². The average Bonchev–Trinajstić information content (AvgIpc) is 2.36. The lowest BCUT2D eigenvalue weighted by molar-refractivity contribution is -0.128. The number of rotatable bonds is 2. The molecule has 1 unspecified atom stereocenters. The second-order valence-electron chi connectivity index (χ2n) is 2.14. The van der Waals surface area contributed by atoms with Gasteiger partial charge in [-0.25, -0.2) is 5.48 Å². The highest BCUT2D eigenvalue weighted by molar-refractivity contribution is 6.53. The molecule has 2 amide bonds. The first kappa shape index (κ1) is 9.57. The van der Waals surface area contributed by atoms with Gasteiger partial charge in [0, 0.05) is 0 Å². The summed E-state index contributed by atoms with van der Waals surface area (Å²) >= 11 is 10.5. The van der Waals surface area contributed by atoms with Gasteiger partial charge in [0.15, 0.2) is 4.84 Å². The maximum Gasteiger partial charge on any atom is 0.268 e. The number of carbonyl (C=O) groups excluding carboxylic acids is 2. The number of halogens is 2. The van der Waals surface area contributed by atoms with Crippen molar-refractivity contribution >= 4 is 35.0 Å². The fraction of sp³-hybridized carbons (Fsp3) is 0.600. The summed E-state index contributed by atoms with van der Waals surface area (Å²) in [5, 5.41) is 2.29. The standard InChI is InChI=1S/C5H6Cl2N2O3/c6-3(7)5(11)8-2-1-12-9-4(2)10/h2-3H,1H2,(H,8,11)(H,9,10). The first-order chi connectivity index (χ1) is 5.61. The average molecular weight is 213 g/mol. The van der Waals surface area contributed by atoms with Crippen LogP contribution in [0.2, 0.25) is 0 Å². The second kappa shape index (κ2) is 3.93. The van der Waals surface area contributed by atoms with Crippen LogP contribution in [0.5, 0.6) is 0 Å². The number of amides is 2. The van der Waals surface area contributed by atoms with Crippen LogP contribution in [0.3, 0.4) is 0 Å². The van der Waals surface area contributed by atoms with Crippen LogP contribution in [-0.2, 0) is 14.4 Å². The van der Waals surface area contributed by atoms with Gasteiger partial charge in [-0.1, -0.05) is 23.2 Å². The minimum Gasteiger partial charge on any atom is -0.340 e. The Bertz CT molecular complexity index is 209. The van der Waals surface area contributed by atoms with E-state index in [-0.39, 0.29) is 6.61 Å². The van der Waals surface area contributed by atoms with Crippen molar-refractivity contribution in [2.45, 2.75) is 10.9 Å². The van der Waals surface area contributed by atoms with E-state index < -0.39 is 22.7 Å². The summed E-state index contributed by atoms with van der Waals surface area (Å²) in [5.74, 6) is -1.01. The van der Waals surface area contributed by atoms with Gasteiger partial charge in [0.1, 0.15) is 12.6 Å². The lowest BCUT2D eigenvalue weighted by atomic mass is 10.3. The molecule has 5 nitrogen and oxygen atoms in total. The zero-order valence-corrected chi connectivity index (χ0v) is 7.35. The number of carbonyl (C=O) groups is 2. The fourth-order valence-corrected chi connectivity index (χ4v) is 0.811. The third kappa shape index (κ3) is 2.23. The van der Waals surface area contributed by atoms with Gasteiger partial charge in [0.25, 0.3) is 11.8 Å². The van der Waals surface area contributed by atoms with Gasteiger partial charge in [0.2, 0.25) is 0 Å². The van der Waals surface area contributed by atoms with Gasteiger partial charge < -0.3 is 5.32 Å². The highest BCUT2D eigenvalue weighted by atomic mass is 35.5. The summed E-state index contributed by atoms with van der Waals surface area (Å²) in [4.78, 5) is 25.0. The zero-order chi connectivity index (χ0) is 9.14. The molecule has 0 bridgehead atoms. The maximum atomic E-state index is 10.8. The molecule has 0 aromatic carbocycles. The number of nitrogens with one attached hydrogen (secondary N) is 2.